The van der Waals surface area contributed by atoms with Gasteiger partial charge in [-0.1, -0.05) is 72.8 Å². The second-order valence-electron chi connectivity index (χ2n) is 12.4. The molecule has 0 radical (unpaired) electrons. The highest BCUT2D eigenvalue weighted by molar-refractivity contribution is 5.75. The van der Waals surface area contributed by atoms with Crippen molar-refractivity contribution in [2.24, 2.45) is 5.41 Å². The molecule has 1 fully saturated rings. The molecule has 0 aliphatic carbocycles. The van der Waals surface area contributed by atoms with Crippen molar-refractivity contribution in [3.63, 3.8) is 0 Å². The van der Waals surface area contributed by atoms with Gasteiger partial charge in [0.1, 0.15) is 23.6 Å². The lowest BCUT2D eigenvalue weighted by atomic mass is 9.80. The van der Waals surface area contributed by atoms with E-state index in [0.717, 1.165) is 21.3 Å². The van der Waals surface area contributed by atoms with Crippen LogP contribution in [0.2, 0.25) is 0 Å². The minimum absolute atomic E-state index is 0.198. The molecule has 3 aromatic carbocycles. The highest BCUT2D eigenvalue weighted by atomic mass is 19.1. The lowest BCUT2D eigenvalue weighted by Crippen LogP contribution is -2.41. The topological polar surface area (TPSA) is 118 Å². The molecule has 1 aliphatic rings. The zero-order chi connectivity index (χ0) is 33.8. The van der Waals surface area contributed by atoms with Crippen molar-refractivity contribution < 1.29 is 32.9 Å². The molecule has 11 heteroatoms. The SMILES string of the molecule is COc1ccc(C(OCC2OC(n3cc(C)c(=O)[nH]c3=O)C(F)C2OCOC(=O)C(C)(C)C)(c2ccccc2)c2ccccc2)cc1. The summed E-state index contributed by atoms with van der Waals surface area (Å²) in [5.74, 6) is 0.126. The molecule has 5 rings (SSSR count). The van der Waals surface area contributed by atoms with Crippen LogP contribution >= 0.6 is 0 Å². The minimum atomic E-state index is -1.90. The van der Waals surface area contributed by atoms with Gasteiger partial charge >= 0.3 is 11.7 Å². The normalized spacial score (nSPS) is 19.8. The first-order chi connectivity index (χ1) is 22.5. The molecule has 0 spiro atoms. The van der Waals surface area contributed by atoms with Gasteiger partial charge in [0.25, 0.3) is 5.56 Å². The maximum Gasteiger partial charge on any atom is 0.330 e. The number of carbonyl (C=O) groups excluding carboxylic acids is 1. The van der Waals surface area contributed by atoms with Crippen LogP contribution in [0.25, 0.3) is 0 Å². The Morgan fingerprint density at radius 3 is 2.04 bits per heavy atom. The second kappa shape index (κ2) is 14.0. The number of aromatic amines is 1. The summed E-state index contributed by atoms with van der Waals surface area (Å²) in [6.07, 6.45) is -4.50. The molecule has 1 aliphatic heterocycles. The number of aryl methyl sites for hydroxylation is 1. The van der Waals surface area contributed by atoms with Crippen molar-refractivity contribution >= 4 is 5.97 Å². The summed E-state index contributed by atoms with van der Waals surface area (Å²) in [4.78, 5) is 39.5. The third kappa shape index (κ3) is 7.07. The maximum absolute atomic E-state index is 16.3. The first-order valence-corrected chi connectivity index (χ1v) is 15.3. The van der Waals surface area contributed by atoms with E-state index in [9.17, 15) is 14.4 Å². The fourth-order valence-electron chi connectivity index (χ4n) is 5.54. The average Bonchev–Trinajstić information content (AvgIpc) is 3.38. The highest BCUT2D eigenvalue weighted by Gasteiger charge is 2.49. The number of nitrogens with zero attached hydrogens (tertiary/aromatic N) is 1. The van der Waals surface area contributed by atoms with Gasteiger partial charge in [-0.25, -0.2) is 9.18 Å². The quantitative estimate of drug-likeness (QED) is 0.137. The van der Waals surface area contributed by atoms with Crippen LogP contribution in [-0.2, 0) is 29.3 Å². The Labute approximate surface area is 272 Å². The minimum Gasteiger partial charge on any atom is -0.497 e. The van der Waals surface area contributed by atoms with Crippen molar-refractivity contribution in [2.75, 3.05) is 20.5 Å². The number of aromatic nitrogens is 2. The summed E-state index contributed by atoms with van der Waals surface area (Å²) >= 11 is 0. The number of benzene rings is 3. The van der Waals surface area contributed by atoms with Crippen LogP contribution in [-0.4, -0.2) is 54.4 Å². The van der Waals surface area contributed by atoms with Gasteiger partial charge in [0.15, 0.2) is 19.2 Å². The third-order valence-electron chi connectivity index (χ3n) is 8.07. The molecule has 1 aromatic heterocycles. The van der Waals surface area contributed by atoms with Gasteiger partial charge in [-0.2, -0.15) is 0 Å². The molecule has 1 saturated heterocycles. The Morgan fingerprint density at radius 1 is 0.915 bits per heavy atom. The molecule has 2 heterocycles. The smallest absolute Gasteiger partial charge is 0.330 e. The molecule has 47 heavy (non-hydrogen) atoms. The Kier molecular flexibility index (Phi) is 10.1. The van der Waals surface area contributed by atoms with Crippen molar-refractivity contribution in [1.82, 2.24) is 9.55 Å². The molecular formula is C36H39FN2O8. The average molecular weight is 647 g/mol. The van der Waals surface area contributed by atoms with Gasteiger partial charge in [0, 0.05) is 11.8 Å². The Bertz CT molecular complexity index is 1730. The van der Waals surface area contributed by atoms with Crippen molar-refractivity contribution in [2.45, 2.75) is 57.9 Å². The number of hydrogen-bond donors (Lipinski definition) is 1. The second-order valence-corrected chi connectivity index (χ2v) is 12.4. The Morgan fingerprint density at radius 2 is 1.49 bits per heavy atom. The van der Waals surface area contributed by atoms with Gasteiger partial charge < -0.3 is 23.7 Å². The molecule has 0 amide bonds. The molecular weight excluding hydrogens is 607 g/mol. The first-order valence-electron chi connectivity index (χ1n) is 15.3. The van der Waals surface area contributed by atoms with E-state index in [4.69, 9.17) is 23.7 Å². The fraction of sp³-hybridized carbons (Fsp3) is 0.361. The maximum atomic E-state index is 16.3. The van der Waals surface area contributed by atoms with E-state index in [-0.39, 0.29) is 12.2 Å². The van der Waals surface area contributed by atoms with Crippen LogP contribution in [0.3, 0.4) is 0 Å². The van der Waals surface area contributed by atoms with Crippen LogP contribution < -0.4 is 16.0 Å². The molecule has 1 N–H and O–H groups in total. The van der Waals surface area contributed by atoms with Crippen molar-refractivity contribution in [3.05, 3.63) is 134 Å². The van der Waals surface area contributed by atoms with Crippen LogP contribution in [0, 0.1) is 12.3 Å². The summed E-state index contributed by atoms with van der Waals surface area (Å²) in [7, 11) is 1.59. The fourth-order valence-corrected chi connectivity index (χ4v) is 5.54. The van der Waals surface area contributed by atoms with E-state index >= 15 is 4.39 Å². The van der Waals surface area contributed by atoms with E-state index in [2.05, 4.69) is 4.98 Å². The number of nitrogens with one attached hydrogen (secondary N) is 1. The molecule has 10 nitrogen and oxygen atoms in total. The molecule has 4 atom stereocenters. The first kappa shape index (κ1) is 33.8. The van der Waals surface area contributed by atoms with E-state index in [1.54, 1.807) is 27.9 Å². The number of esters is 1. The van der Waals surface area contributed by atoms with Gasteiger partial charge in [-0.3, -0.25) is 19.1 Å². The van der Waals surface area contributed by atoms with E-state index in [1.165, 1.54) is 13.1 Å². The molecule has 4 unspecified atom stereocenters. The molecule has 248 valence electrons. The summed E-state index contributed by atoms with van der Waals surface area (Å²) < 4.78 is 46.9. The number of hydrogen-bond acceptors (Lipinski definition) is 8. The van der Waals surface area contributed by atoms with Crippen molar-refractivity contribution in [3.8, 4) is 5.75 Å². The zero-order valence-corrected chi connectivity index (χ0v) is 27.0. The van der Waals surface area contributed by atoms with Crippen molar-refractivity contribution in [1.29, 1.82) is 0 Å². The van der Waals surface area contributed by atoms with Gasteiger partial charge in [-0.15, -0.1) is 0 Å². The van der Waals surface area contributed by atoms with E-state index in [0.29, 0.717) is 5.75 Å². The number of alkyl halides is 1. The van der Waals surface area contributed by atoms with Gasteiger partial charge in [-0.05, 0) is 56.5 Å². The molecule has 0 bridgehead atoms. The van der Waals surface area contributed by atoms with Gasteiger partial charge in [0.2, 0.25) is 0 Å². The summed E-state index contributed by atoms with van der Waals surface area (Å²) in [6, 6.07) is 26.6. The highest BCUT2D eigenvalue weighted by Crippen LogP contribution is 2.42. The number of H-pyrrole nitrogens is 1. The van der Waals surface area contributed by atoms with E-state index < -0.39 is 59.6 Å². The van der Waals surface area contributed by atoms with Crippen LogP contribution in [0.1, 0.15) is 49.3 Å². The van der Waals surface area contributed by atoms with Crippen LogP contribution in [0.15, 0.2) is 101 Å². The summed E-state index contributed by atoms with van der Waals surface area (Å²) in [5.41, 5.74) is -0.866. The summed E-state index contributed by atoms with van der Waals surface area (Å²) in [6.45, 7) is 5.82. The van der Waals surface area contributed by atoms with Crippen LogP contribution in [0.4, 0.5) is 4.39 Å². The Hall–Kier alpha value is -4.58. The number of methoxy groups -OCH3 is 1. The predicted molar refractivity (Wildman–Crippen MR) is 172 cm³/mol. The standard InChI is InChI=1S/C36H39FN2O8/c1-23-20-39(34(42)38-31(23)40)32-29(37)30(44-22-45-33(41)35(2,3)4)28(47-32)21-46-36(24-12-8-6-9-13-24,25-14-10-7-11-15-25)26-16-18-27(43-5)19-17-26/h6-20,28-30,32H,21-22H2,1-5H3,(H,38,40,42). The lowest BCUT2D eigenvalue weighted by Gasteiger charge is -2.37. The monoisotopic (exact) mass is 646 g/mol. The molecule has 0 saturated carbocycles. The zero-order valence-electron chi connectivity index (χ0n) is 27.0. The van der Waals surface area contributed by atoms with Gasteiger partial charge in [0.05, 0.1) is 19.1 Å². The number of halogens is 1. The predicted octanol–water partition coefficient (Wildman–Crippen LogP) is 5.03. The largest absolute Gasteiger partial charge is 0.497 e. The number of carbonyl (C=O) groups is 1. The summed E-state index contributed by atoms with van der Waals surface area (Å²) in [5, 5.41) is 0. The number of ether oxygens (including phenoxy) is 5. The number of rotatable bonds is 11. The lowest BCUT2D eigenvalue weighted by molar-refractivity contribution is -0.177. The van der Waals surface area contributed by atoms with Crippen LogP contribution in [0.5, 0.6) is 5.75 Å². The Balaban J connectivity index is 1.55. The van der Waals surface area contributed by atoms with E-state index in [1.807, 2.05) is 84.9 Å². The third-order valence-corrected chi connectivity index (χ3v) is 8.07. The molecule has 4 aromatic rings.